The average Bonchev–Trinajstić information content (AvgIpc) is 2.97. The third kappa shape index (κ3) is 4.31. The number of imide groups is 1. The highest BCUT2D eigenvalue weighted by molar-refractivity contribution is 6.09. The fourth-order valence-electron chi connectivity index (χ4n) is 3.79. The molecule has 0 bridgehead atoms. The number of rotatable bonds is 9. The fraction of sp³-hybridized carbons (Fsp3) is 0.391. The summed E-state index contributed by atoms with van der Waals surface area (Å²) in [5.74, 6) is -1.30. The standard InChI is InChI=1S/C23H26F2N2O2/c1-2-3-4-5-6-7-16-27-21(28)23(26-22(27)29,17-8-12-19(24)13-9-17)18-10-14-20(25)15-11-18/h8-15H,2-7,16H2,1H3,(H,26,29). The van der Waals surface area contributed by atoms with Crippen molar-refractivity contribution < 1.29 is 18.4 Å². The smallest absolute Gasteiger partial charge is 0.315 e. The molecule has 3 amide bonds. The molecule has 29 heavy (non-hydrogen) atoms. The lowest BCUT2D eigenvalue weighted by molar-refractivity contribution is -0.130. The second-order valence-corrected chi connectivity index (χ2v) is 7.42. The number of halogens is 2. The van der Waals surface area contributed by atoms with Gasteiger partial charge in [0.15, 0.2) is 5.54 Å². The molecule has 1 aliphatic rings. The van der Waals surface area contributed by atoms with Gasteiger partial charge in [0, 0.05) is 6.54 Å². The largest absolute Gasteiger partial charge is 0.325 e. The lowest BCUT2D eigenvalue weighted by Crippen LogP contribution is -2.45. The van der Waals surface area contributed by atoms with E-state index in [4.69, 9.17) is 0 Å². The third-order valence-corrected chi connectivity index (χ3v) is 5.40. The first-order chi connectivity index (χ1) is 14.0. The van der Waals surface area contributed by atoms with Gasteiger partial charge in [0.05, 0.1) is 0 Å². The molecule has 1 aliphatic heterocycles. The van der Waals surface area contributed by atoms with Crippen LogP contribution in [-0.2, 0) is 10.3 Å². The van der Waals surface area contributed by atoms with Crippen LogP contribution >= 0.6 is 0 Å². The number of carbonyl (C=O) groups is 2. The number of hydrogen-bond donors (Lipinski definition) is 1. The van der Waals surface area contributed by atoms with Crippen molar-refractivity contribution in [1.82, 2.24) is 10.2 Å². The highest BCUT2D eigenvalue weighted by Gasteiger charge is 2.53. The van der Waals surface area contributed by atoms with Crippen LogP contribution in [0.4, 0.5) is 13.6 Å². The van der Waals surface area contributed by atoms with Gasteiger partial charge in [0.1, 0.15) is 11.6 Å². The number of nitrogens with one attached hydrogen (secondary N) is 1. The summed E-state index contributed by atoms with van der Waals surface area (Å²) in [7, 11) is 0. The summed E-state index contributed by atoms with van der Waals surface area (Å²) in [6.45, 7) is 2.47. The van der Waals surface area contributed by atoms with Crippen LogP contribution in [0.3, 0.4) is 0 Å². The minimum Gasteiger partial charge on any atom is -0.315 e. The Labute approximate surface area is 169 Å². The Morgan fingerprint density at radius 1 is 0.793 bits per heavy atom. The van der Waals surface area contributed by atoms with Gasteiger partial charge < -0.3 is 5.32 Å². The highest BCUT2D eigenvalue weighted by Crippen LogP contribution is 2.36. The van der Waals surface area contributed by atoms with Gasteiger partial charge >= 0.3 is 6.03 Å². The van der Waals surface area contributed by atoms with Gasteiger partial charge in [-0.1, -0.05) is 63.3 Å². The molecule has 2 aromatic rings. The van der Waals surface area contributed by atoms with Crippen molar-refractivity contribution in [2.45, 2.75) is 51.0 Å². The molecule has 0 aliphatic carbocycles. The highest BCUT2D eigenvalue weighted by atomic mass is 19.1. The van der Waals surface area contributed by atoms with Gasteiger partial charge in [0.25, 0.3) is 5.91 Å². The summed E-state index contributed by atoms with van der Waals surface area (Å²) < 4.78 is 26.9. The van der Waals surface area contributed by atoms with E-state index in [2.05, 4.69) is 12.2 Å². The van der Waals surface area contributed by atoms with E-state index in [1.165, 1.54) is 59.9 Å². The van der Waals surface area contributed by atoms with Gasteiger partial charge in [-0.3, -0.25) is 9.69 Å². The van der Waals surface area contributed by atoms with Crippen LogP contribution in [0.5, 0.6) is 0 Å². The number of hydrogen-bond acceptors (Lipinski definition) is 2. The molecule has 0 unspecified atom stereocenters. The van der Waals surface area contributed by atoms with E-state index in [-0.39, 0.29) is 0 Å². The second kappa shape index (κ2) is 9.16. The maximum Gasteiger partial charge on any atom is 0.325 e. The molecule has 3 rings (SSSR count). The van der Waals surface area contributed by atoms with Crippen LogP contribution in [0.15, 0.2) is 48.5 Å². The topological polar surface area (TPSA) is 49.4 Å². The molecule has 1 heterocycles. The van der Waals surface area contributed by atoms with Crippen molar-refractivity contribution in [3.8, 4) is 0 Å². The number of benzene rings is 2. The van der Waals surface area contributed by atoms with Crippen molar-refractivity contribution in [2.75, 3.05) is 6.54 Å². The predicted octanol–water partition coefficient (Wildman–Crippen LogP) is 5.12. The average molecular weight is 400 g/mol. The Bertz CT molecular complexity index is 805. The lowest BCUT2D eigenvalue weighted by atomic mass is 9.82. The zero-order valence-electron chi connectivity index (χ0n) is 16.6. The van der Waals surface area contributed by atoms with Crippen LogP contribution in [0.1, 0.15) is 56.6 Å². The summed E-state index contributed by atoms with van der Waals surface area (Å²) in [5, 5.41) is 2.79. The number of urea groups is 1. The molecule has 0 saturated carbocycles. The first kappa shape index (κ1) is 21.0. The van der Waals surface area contributed by atoms with E-state index in [0.29, 0.717) is 17.7 Å². The molecule has 4 nitrogen and oxygen atoms in total. The summed E-state index contributed by atoms with van der Waals surface area (Å²) in [5.41, 5.74) is -0.607. The molecule has 0 radical (unpaired) electrons. The zero-order valence-corrected chi connectivity index (χ0v) is 16.6. The summed E-state index contributed by atoms with van der Waals surface area (Å²) in [4.78, 5) is 27.3. The molecule has 6 heteroatoms. The maximum atomic E-state index is 13.5. The second-order valence-electron chi connectivity index (χ2n) is 7.42. The van der Waals surface area contributed by atoms with Crippen LogP contribution < -0.4 is 5.32 Å². The van der Waals surface area contributed by atoms with Gasteiger partial charge in [-0.2, -0.15) is 0 Å². The summed E-state index contributed by atoms with van der Waals surface area (Å²) in [6.07, 6.45) is 6.22. The molecule has 1 saturated heterocycles. The summed E-state index contributed by atoms with van der Waals surface area (Å²) in [6, 6.07) is 10.4. The van der Waals surface area contributed by atoms with E-state index in [1.807, 2.05) is 0 Å². The number of amides is 3. The Hall–Kier alpha value is -2.76. The van der Waals surface area contributed by atoms with Crippen molar-refractivity contribution in [2.24, 2.45) is 0 Å². The maximum absolute atomic E-state index is 13.5. The van der Waals surface area contributed by atoms with Crippen LogP contribution in [0.2, 0.25) is 0 Å². The Morgan fingerprint density at radius 3 is 1.79 bits per heavy atom. The molecule has 0 spiro atoms. The first-order valence-corrected chi connectivity index (χ1v) is 10.1. The minimum absolute atomic E-state index is 0.320. The number of carbonyl (C=O) groups excluding carboxylic acids is 2. The van der Waals surface area contributed by atoms with Crippen molar-refractivity contribution in [1.29, 1.82) is 0 Å². The molecule has 154 valence electrons. The van der Waals surface area contributed by atoms with E-state index in [0.717, 1.165) is 32.1 Å². The molecule has 1 fully saturated rings. The van der Waals surface area contributed by atoms with E-state index < -0.39 is 29.1 Å². The first-order valence-electron chi connectivity index (χ1n) is 10.1. The lowest BCUT2D eigenvalue weighted by Gasteiger charge is -2.28. The van der Waals surface area contributed by atoms with Crippen LogP contribution in [-0.4, -0.2) is 23.4 Å². The third-order valence-electron chi connectivity index (χ3n) is 5.40. The Kier molecular flexibility index (Phi) is 6.62. The Balaban J connectivity index is 1.86. The van der Waals surface area contributed by atoms with Gasteiger partial charge in [-0.05, 0) is 41.8 Å². The number of nitrogens with zero attached hydrogens (tertiary/aromatic N) is 1. The fourth-order valence-corrected chi connectivity index (χ4v) is 3.79. The molecular weight excluding hydrogens is 374 g/mol. The predicted molar refractivity (Wildman–Crippen MR) is 107 cm³/mol. The van der Waals surface area contributed by atoms with E-state index in [9.17, 15) is 18.4 Å². The Morgan fingerprint density at radius 2 is 1.28 bits per heavy atom. The molecule has 1 N–H and O–H groups in total. The normalized spacial score (nSPS) is 15.6. The van der Waals surface area contributed by atoms with Crippen molar-refractivity contribution >= 4 is 11.9 Å². The zero-order chi connectivity index (χ0) is 20.9. The van der Waals surface area contributed by atoms with Crippen LogP contribution in [0.25, 0.3) is 0 Å². The van der Waals surface area contributed by atoms with E-state index in [1.54, 1.807) is 0 Å². The number of unbranched alkanes of at least 4 members (excludes halogenated alkanes) is 5. The van der Waals surface area contributed by atoms with Gasteiger partial charge in [-0.15, -0.1) is 0 Å². The monoisotopic (exact) mass is 400 g/mol. The van der Waals surface area contributed by atoms with Gasteiger partial charge in [-0.25, -0.2) is 13.6 Å². The molecule has 0 aromatic heterocycles. The SMILES string of the molecule is CCCCCCCCN1C(=O)NC(c2ccc(F)cc2)(c2ccc(F)cc2)C1=O. The quantitative estimate of drug-likeness (QED) is 0.469. The molecule has 0 atom stereocenters. The van der Waals surface area contributed by atoms with Crippen LogP contribution in [0, 0.1) is 11.6 Å². The molecule has 2 aromatic carbocycles. The minimum atomic E-state index is -1.49. The van der Waals surface area contributed by atoms with Crippen molar-refractivity contribution in [3.63, 3.8) is 0 Å². The molecular formula is C23H26F2N2O2. The summed E-state index contributed by atoms with van der Waals surface area (Å²) >= 11 is 0. The van der Waals surface area contributed by atoms with Crippen molar-refractivity contribution in [3.05, 3.63) is 71.3 Å². The van der Waals surface area contributed by atoms with E-state index >= 15 is 0 Å². The van der Waals surface area contributed by atoms with Gasteiger partial charge in [0.2, 0.25) is 0 Å².